The second-order valence-electron chi connectivity index (χ2n) is 6.30. The number of aromatic nitrogens is 3. The van der Waals surface area contributed by atoms with Crippen LogP contribution in [0.15, 0.2) is 35.5 Å². The highest BCUT2D eigenvalue weighted by Crippen LogP contribution is 2.24. The minimum Gasteiger partial charge on any atom is -0.352 e. The van der Waals surface area contributed by atoms with Gasteiger partial charge >= 0.3 is 0 Å². The number of thioether (sulfide) groups is 1. The van der Waals surface area contributed by atoms with Crippen LogP contribution in [0.5, 0.6) is 0 Å². The first kappa shape index (κ1) is 18.4. The van der Waals surface area contributed by atoms with E-state index in [0.29, 0.717) is 17.7 Å². The van der Waals surface area contributed by atoms with Crippen LogP contribution in [0.1, 0.15) is 19.8 Å². The van der Waals surface area contributed by atoms with Gasteiger partial charge in [-0.1, -0.05) is 42.1 Å². The Morgan fingerprint density at radius 2 is 2.00 bits per heavy atom. The van der Waals surface area contributed by atoms with Crippen molar-refractivity contribution in [3.63, 3.8) is 0 Å². The summed E-state index contributed by atoms with van der Waals surface area (Å²) in [4.78, 5) is 25.6. The van der Waals surface area contributed by atoms with Gasteiger partial charge in [0, 0.05) is 25.2 Å². The molecule has 0 unspecified atom stereocenters. The van der Waals surface area contributed by atoms with Crippen molar-refractivity contribution in [2.75, 3.05) is 19.3 Å². The highest BCUT2D eigenvalue weighted by Gasteiger charge is 2.24. The third-order valence-electron chi connectivity index (χ3n) is 4.14. The second-order valence-corrected chi connectivity index (χ2v) is 7.24. The highest BCUT2D eigenvalue weighted by molar-refractivity contribution is 7.99. The molecule has 1 heterocycles. The van der Waals surface area contributed by atoms with E-state index in [2.05, 4.69) is 15.5 Å². The lowest BCUT2D eigenvalue weighted by molar-refractivity contribution is -0.132. The SMILES string of the molecule is CCn1c(SCC(=O)N(C)CC(=O)NC2CC2)nnc1-c1ccccc1. The largest absolute Gasteiger partial charge is 0.352 e. The van der Waals surface area contributed by atoms with Gasteiger partial charge < -0.3 is 14.8 Å². The molecule has 138 valence electrons. The summed E-state index contributed by atoms with van der Waals surface area (Å²) in [7, 11) is 1.65. The van der Waals surface area contributed by atoms with Crippen LogP contribution in [-0.2, 0) is 16.1 Å². The smallest absolute Gasteiger partial charge is 0.239 e. The van der Waals surface area contributed by atoms with Gasteiger partial charge in [-0.25, -0.2) is 0 Å². The van der Waals surface area contributed by atoms with Gasteiger partial charge in [-0.2, -0.15) is 0 Å². The van der Waals surface area contributed by atoms with Crippen molar-refractivity contribution in [2.24, 2.45) is 0 Å². The van der Waals surface area contributed by atoms with E-state index in [9.17, 15) is 9.59 Å². The molecule has 0 saturated heterocycles. The number of hydrogen-bond donors (Lipinski definition) is 1. The number of nitrogens with zero attached hydrogens (tertiary/aromatic N) is 4. The van der Waals surface area contributed by atoms with Crippen LogP contribution in [0, 0.1) is 0 Å². The zero-order valence-corrected chi connectivity index (χ0v) is 15.8. The Balaban J connectivity index is 1.57. The Hall–Kier alpha value is -2.35. The summed E-state index contributed by atoms with van der Waals surface area (Å²) in [6.07, 6.45) is 2.07. The van der Waals surface area contributed by atoms with E-state index in [-0.39, 0.29) is 24.1 Å². The maximum Gasteiger partial charge on any atom is 0.239 e. The molecule has 0 atom stereocenters. The number of benzene rings is 1. The normalized spacial score (nSPS) is 13.5. The molecule has 0 aliphatic heterocycles. The van der Waals surface area contributed by atoms with Crippen LogP contribution in [0.3, 0.4) is 0 Å². The molecule has 1 fully saturated rings. The Kier molecular flexibility index (Phi) is 5.92. The van der Waals surface area contributed by atoms with E-state index < -0.39 is 0 Å². The summed E-state index contributed by atoms with van der Waals surface area (Å²) in [6, 6.07) is 10.2. The molecule has 1 aromatic carbocycles. The van der Waals surface area contributed by atoms with E-state index in [1.807, 2.05) is 41.8 Å². The van der Waals surface area contributed by atoms with Gasteiger partial charge in [-0.3, -0.25) is 9.59 Å². The fourth-order valence-corrected chi connectivity index (χ4v) is 3.47. The minimum atomic E-state index is -0.104. The summed E-state index contributed by atoms with van der Waals surface area (Å²) in [5.74, 6) is 0.810. The lowest BCUT2D eigenvalue weighted by atomic mass is 10.2. The molecular formula is C18H23N5O2S. The molecule has 2 aromatic rings. The van der Waals surface area contributed by atoms with Crippen molar-refractivity contribution in [2.45, 2.75) is 37.5 Å². The van der Waals surface area contributed by atoms with Gasteiger partial charge in [-0.05, 0) is 19.8 Å². The molecule has 1 N–H and O–H groups in total. The summed E-state index contributed by atoms with van der Waals surface area (Å²) in [6.45, 7) is 2.83. The van der Waals surface area contributed by atoms with Crippen molar-refractivity contribution < 1.29 is 9.59 Å². The molecule has 0 bridgehead atoms. The first-order valence-corrected chi connectivity index (χ1v) is 9.71. The molecular weight excluding hydrogens is 350 g/mol. The average molecular weight is 373 g/mol. The predicted octanol–water partition coefficient (Wildman–Crippen LogP) is 1.79. The Morgan fingerprint density at radius 3 is 2.65 bits per heavy atom. The topological polar surface area (TPSA) is 80.1 Å². The van der Waals surface area contributed by atoms with Crippen molar-refractivity contribution >= 4 is 23.6 Å². The Labute approximate surface area is 157 Å². The molecule has 1 aliphatic rings. The van der Waals surface area contributed by atoms with Crippen LogP contribution in [0.2, 0.25) is 0 Å². The first-order valence-electron chi connectivity index (χ1n) is 8.73. The van der Waals surface area contributed by atoms with E-state index in [1.54, 1.807) is 7.05 Å². The molecule has 2 amide bonds. The van der Waals surface area contributed by atoms with Crippen LogP contribution in [0.4, 0.5) is 0 Å². The van der Waals surface area contributed by atoms with E-state index >= 15 is 0 Å². The predicted molar refractivity (Wildman–Crippen MR) is 101 cm³/mol. The van der Waals surface area contributed by atoms with E-state index in [0.717, 1.165) is 24.2 Å². The third-order valence-corrected chi connectivity index (χ3v) is 5.09. The molecule has 8 heteroatoms. The second kappa shape index (κ2) is 8.35. The Bertz CT molecular complexity index is 773. The third kappa shape index (κ3) is 4.63. The molecule has 1 saturated carbocycles. The summed E-state index contributed by atoms with van der Waals surface area (Å²) < 4.78 is 1.99. The fraction of sp³-hybridized carbons (Fsp3) is 0.444. The van der Waals surface area contributed by atoms with Gasteiger partial charge in [0.1, 0.15) is 0 Å². The minimum absolute atomic E-state index is 0.0889. The molecule has 3 rings (SSSR count). The van der Waals surface area contributed by atoms with Crippen molar-refractivity contribution in [3.05, 3.63) is 30.3 Å². The zero-order valence-electron chi connectivity index (χ0n) is 15.0. The highest BCUT2D eigenvalue weighted by atomic mass is 32.2. The lowest BCUT2D eigenvalue weighted by Crippen LogP contribution is -2.39. The van der Waals surface area contributed by atoms with Gasteiger partial charge in [0.05, 0.1) is 12.3 Å². The number of nitrogens with one attached hydrogen (secondary N) is 1. The van der Waals surface area contributed by atoms with E-state index in [4.69, 9.17) is 0 Å². The van der Waals surface area contributed by atoms with Crippen molar-refractivity contribution in [3.8, 4) is 11.4 Å². The van der Waals surface area contributed by atoms with Gasteiger partial charge in [0.15, 0.2) is 11.0 Å². The average Bonchev–Trinajstić information content (AvgIpc) is 3.35. The van der Waals surface area contributed by atoms with E-state index in [1.165, 1.54) is 16.7 Å². The van der Waals surface area contributed by atoms with Crippen LogP contribution < -0.4 is 5.32 Å². The Morgan fingerprint density at radius 1 is 1.27 bits per heavy atom. The van der Waals surface area contributed by atoms with Crippen LogP contribution in [-0.4, -0.2) is 56.9 Å². The maximum absolute atomic E-state index is 12.3. The zero-order chi connectivity index (χ0) is 18.5. The quantitative estimate of drug-likeness (QED) is 0.714. The standard InChI is InChI=1S/C18H23N5O2S/c1-3-23-17(13-7-5-4-6-8-13)20-21-18(23)26-12-16(25)22(2)11-15(24)19-14-9-10-14/h4-8,14H,3,9-12H2,1-2H3,(H,19,24). The van der Waals surface area contributed by atoms with Gasteiger partial charge in [-0.15, -0.1) is 10.2 Å². The van der Waals surface area contributed by atoms with Gasteiger partial charge in [0.25, 0.3) is 0 Å². The molecule has 26 heavy (non-hydrogen) atoms. The van der Waals surface area contributed by atoms with Crippen molar-refractivity contribution in [1.29, 1.82) is 0 Å². The number of amides is 2. The molecule has 1 aromatic heterocycles. The monoisotopic (exact) mass is 373 g/mol. The molecule has 1 aliphatic carbocycles. The molecule has 7 nitrogen and oxygen atoms in total. The van der Waals surface area contributed by atoms with Crippen LogP contribution >= 0.6 is 11.8 Å². The molecule has 0 radical (unpaired) electrons. The summed E-state index contributed by atoms with van der Waals surface area (Å²) >= 11 is 1.34. The summed E-state index contributed by atoms with van der Waals surface area (Å²) in [5.41, 5.74) is 0.994. The number of carbonyl (C=O) groups excluding carboxylic acids is 2. The number of rotatable bonds is 8. The number of carbonyl (C=O) groups is 2. The maximum atomic E-state index is 12.3. The number of hydrogen-bond acceptors (Lipinski definition) is 5. The van der Waals surface area contributed by atoms with Crippen LogP contribution in [0.25, 0.3) is 11.4 Å². The van der Waals surface area contributed by atoms with Gasteiger partial charge in [0.2, 0.25) is 11.8 Å². The number of likely N-dealkylation sites (N-methyl/N-ethyl adjacent to an activating group) is 1. The fourth-order valence-electron chi connectivity index (χ4n) is 2.52. The first-order chi connectivity index (χ1) is 12.6. The molecule has 0 spiro atoms. The summed E-state index contributed by atoms with van der Waals surface area (Å²) in [5, 5.41) is 12.1. The van der Waals surface area contributed by atoms with Crippen molar-refractivity contribution in [1.82, 2.24) is 25.0 Å². The lowest BCUT2D eigenvalue weighted by Gasteiger charge is -2.16.